The Balaban J connectivity index is 1.70. The average Bonchev–Trinajstić information content (AvgIpc) is 3.04. The summed E-state index contributed by atoms with van der Waals surface area (Å²) in [6, 6.07) is 2.12. The molecule has 21 heavy (non-hydrogen) atoms. The molecule has 1 aromatic heterocycles. The fourth-order valence-corrected chi connectivity index (χ4v) is 2.86. The van der Waals surface area contributed by atoms with Crippen molar-refractivity contribution in [2.45, 2.75) is 31.7 Å². The number of aromatic nitrogens is 2. The number of nitrogens with zero attached hydrogens (tertiary/aromatic N) is 5. The van der Waals surface area contributed by atoms with Crippen LogP contribution in [0, 0.1) is 0 Å². The predicted molar refractivity (Wildman–Crippen MR) is 76.5 cm³/mol. The van der Waals surface area contributed by atoms with Gasteiger partial charge in [-0.15, -0.1) is 0 Å². The Bertz CT molecular complexity index is 566. The topological polar surface area (TPSA) is 70.8 Å². The van der Waals surface area contributed by atoms with Crippen LogP contribution in [0.25, 0.3) is 0 Å². The maximum absolute atomic E-state index is 12.5. The first-order valence-corrected chi connectivity index (χ1v) is 7.27. The van der Waals surface area contributed by atoms with Crippen molar-refractivity contribution in [3.63, 3.8) is 0 Å². The summed E-state index contributed by atoms with van der Waals surface area (Å²) in [5.74, 6) is -0.0918. The molecule has 7 nitrogen and oxygen atoms in total. The second-order valence-corrected chi connectivity index (χ2v) is 5.50. The monoisotopic (exact) mass is 289 g/mol. The fourth-order valence-electron chi connectivity index (χ4n) is 2.86. The van der Waals surface area contributed by atoms with Gasteiger partial charge < -0.3 is 4.90 Å². The van der Waals surface area contributed by atoms with Crippen LogP contribution in [0.4, 0.5) is 0 Å². The zero-order valence-electron chi connectivity index (χ0n) is 12.1. The zero-order chi connectivity index (χ0) is 14.8. The molecule has 1 aromatic rings. The van der Waals surface area contributed by atoms with Crippen LogP contribution in [0.5, 0.6) is 0 Å². The lowest BCUT2D eigenvalue weighted by atomic mass is 10.0. The van der Waals surface area contributed by atoms with Gasteiger partial charge in [-0.3, -0.25) is 14.3 Å². The first kappa shape index (κ1) is 13.8. The van der Waals surface area contributed by atoms with Crippen molar-refractivity contribution in [2.24, 2.45) is 5.10 Å². The van der Waals surface area contributed by atoms with Gasteiger partial charge in [-0.2, -0.15) is 10.2 Å². The Hall–Kier alpha value is -2.18. The van der Waals surface area contributed by atoms with Crippen LogP contribution in [0.3, 0.4) is 0 Å². The van der Waals surface area contributed by atoms with E-state index in [0.29, 0.717) is 25.1 Å². The van der Waals surface area contributed by atoms with Gasteiger partial charge in [0.1, 0.15) is 5.71 Å². The molecule has 1 saturated heterocycles. The molecule has 2 aliphatic heterocycles. The minimum atomic E-state index is -0.0498. The largest absolute Gasteiger partial charge is 0.335 e. The lowest BCUT2D eigenvalue weighted by Crippen LogP contribution is -2.45. The molecule has 3 rings (SSSR count). The first-order chi connectivity index (χ1) is 10.1. The van der Waals surface area contributed by atoms with Crippen LogP contribution in [-0.4, -0.2) is 57.4 Å². The molecule has 0 bridgehead atoms. The van der Waals surface area contributed by atoms with E-state index >= 15 is 0 Å². The third-order valence-corrected chi connectivity index (χ3v) is 4.04. The zero-order valence-corrected chi connectivity index (χ0v) is 12.1. The quantitative estimate of drug-likeness (QED) is 0.803. The van der Waals surface area contributed by atoms with Crippen LogP contribution in [0.1, 0.15) is 31.7 Å². The predicted octanol–water partition coefficient (Wildman–Crippen LogP) is 0.655. The Labute approximate surface area is 123 Å². The van der Waals surface area contributed by atoms with E-state index in [1.165, 1.54) is 5.01 Å². The summed E-state index contributed by atoms with van der Waals surface area (Å²) in [6.45, 7) is 1.39. The Morgan fingerprint density at radius 2 is 2.24 bits per heavy atom. The number of hydrazone groups is 1. The van der Waals surface area contributed by atoms with Crippen LogP contribution < -0.4 is 0 Å². The van der Waals surface area contributed by atoms with Crippen molar-refractivity contribution in [1.29, 1.82) is 0 Å². The lowest BCUT2D eigenvalue weighted by Gasteiger charge is -2.33. The van der Waals surface area contributed by atoms with Gasteiger partial charge in [0.15, 0.2) is 0 Å². The van der Waals surface area contributed by atoms with E-state index in [1.54, 1.807) is 13.2 Å². The summed E-state index contributed by atoms with van der Waals surface area (Å²) in [5, 5.41) is 9.65. The van der Waals surface area contributed by atoms with Gasteiger partial charge in [0.25, 0.3) is 5.91 Å². The Kier molecular flexibility index (Phi) is 3.72. The van der Waals surface area contributed by atoms with Crippen molar-refractivity contribution in [1.82, 2.24) is 19.7 Å². The molecule has 7 heteroatoms. The van der Waals surface area contributed by atoms with E-state index in [4.69, 9.17) is 0 Å². The Morgan fingerprint density at radius 3 is 2.95 bits per heavy atom. The first-order valence-electron chi connectivity index (χ1n) is 7.27. The SMILES string of the molecule is CN1N=C(C(=O)N2CCC[C@@H](n3cccn3)C2)CCC1=O. The molecule has 3 heterocycles. The number of likely N-dealkylation sites (tertiary alicyclic amines) is 1. The molecule has 0 radical (unpaired) electrons. The van der Waals surface area contributed by atoms with Crippen molar-refractivity contribution in [3.05, 3.63) is 18.5 Å². The second kappa shape index (κ2) is 5.67. The summed E-state index contributed by atoms with van der Waals surface area (Å²) in [4.78, 5) is 25.8. The minimum absolute atomic E-state index is 0.0420. The normalized spacial score (nSPS) is 23.2. The standard InChI is InChI=1S/C14H19N5O2/c1-17-13(20)6-5-12(16-17)14(21)18-8-2-4-11(10-18)19-9-3-7-15-19/h3,7,9,11H,2,4-6,8,10H2,1H3/t11-/m1/s1. The highest BCUT2D eigenvalue weighted by atomic mass is 16.2. The van der Waals surface area contributed by atoms with Gasteiger partial charge in [0.05, 0.1) is 6.04 Å². The van der Waals surface area contributed by atoms with Crippen molar-refractivity contribution in [3.8, 4) is 0 Å². The number of piperidine rings is 1. The molecule has 0 saturated carbocycles. The van der Waals surface area contributed by atoms with Crippen LogP contribution in [0.2, 0.25) is 0 Å². The van der Waals surface area contributed by atoms with E-state index in [0.717, 1.165) is 19.4 Å². The second-order valence-electron chi connectivity index (χ2n) is 5.50. The fraction of sp³-hybridized carbons (Fsp3) is 0.571. The molecule has 2 aliphatic rings. The lowest BCUT2D eigenvalue weighted by molar-refractivity contribution is -0.131. The summed E-state index contributed by atoms with van der Waals surface area (Å²) in [5.41, 5.74) is 0.484. The maximum atomic E-state index is 12.5. The van der Waals surface area contributed by atoms with E-state index in [9.17, 15) is 9.59 Å². The van der Waals surface area contributed by atoms with Crippen LogP contribution >= 0.6 is 0 Å². The van der Waals surface area contributed by atoms with Gasteiger partial charge in [0, 0.05) is 45.4 Å². The van der Waals surface area contributed by atoms with E-state index < -0.39 is 0 Å². The molecule has 0 spiro atoms. The molecule has 2 amide bonds. The summed E-state index contributed by atoms with van der Waals surface area (Å²) in [7, 11) is 1.59. The molecule has 1 fully saturated rings. The van der Waals surface area contributed by atoms with E-state index in [1.807, 2.05) is 21.8 Å². The highest BCUT2D eigenvalue weighted by Gasteiger charge is 2.30. The summed E-state index contributed by atoms with van der Waals surface area (Å²) in [6.07, 6.45) is 6.47. The molecular weight excluding hydrogens is 270 g/mol. The minimum Gasteiger partial charge on any atom is -0.335 e. The smallest absolute Gasteiger partial charge is 0.270 e. The molecule has 0 unspecified atom stereocenters. The van der Waals surface area contributed by atoms with E-state index in [2.05, 4.69) is 10.2 Å². The van der Waals surface area contributed by atoms with Crippen LogP contribution in [0.15, 0.2) is 23.6 Å². The number of carbonyl (C=O) groups excluding carboxylic acids is 2. The third kappa shape index (κ3) is 2.81. The van der Waals surface area contributed by atoms with Gasteiger partial charge in [-0.25, -0.2) is 5.01 Å². The van der Waals surface area contributed by atoms with Crippen molar-refractivity contribution < 1.29 is 9.59 Å². The van der Waals surface area contributed by atoms with Crippen LogP contribution in [-0.2, 0) is 9.59 Å². The van der Waals surface area contributed by atoms with Gasteiger partial charge >= 0.3 is 0 Å². The average molecular weight is 289 g/mol. The number of hydrogen-bond acceptors (Lipinski definition) is 4. The maximum Gasteiger partial charge on any atom is 0.270 e. The van der Waals surface area contributed by atoms with Gasteiger partial charge in [-0.05, 0) is 18.9 Å². The number of hydrogen-bond donors (Lipinski definition) is 0. The van der Waals surface area contributed by atoms with Gasteiger partial charge in [0.2, 0.25) is 5.91 Å². The highest BCUT2D eigenvalue weighted by Crippen LogP contribution is 2.21. The number of rotatable bonds is 2. The number of amides is 2. The van der Waals surface area contributed by atoms with E-state index in [-0.39, 0.29) is 17.9 Å². The molecule has 112 valence electrons. The van der Waals surface area contributed by atoms with Crippen molar-refractivity contribution in [2.75, 3.05) is 20.1 Å². The summed E-state index contributed by atoms with van der Waals surface area (Å²) >= 11 is 0. The molecule has 1 atom stereocenters. The highest BCUT2D eigenvalue weighted by molar-refractivity contribution is 6.39. The Morgan fingerprint density at radius 1 is 1.38 bits per heavy atom. The van der Waals surface area contributed by atoms with Crippen molar-refractivity contribution >= 4 is 17.5 Å². The molecule has 0 aromatic carbocycles. The van der Waals surface area contributed by atoms with Gasteiger partial charge in [-0.1, -0.05) is 0 Å². The summed E-state index contributed by atoms with van der Waals surface area (Å²) < 4.78 is 1.91. The molecular formula is C14H19N5O2. The number of carbonyl (C=O) groups is 2. The molecule has 0 N–H and O–H groups in total. The molecule has 0 aliphatic carbocycles. The third-order valence-electron chi connectivity index (χ3n) is 4.04.